The van der Waals surface area contributed by atoms with Crippen LogP contribution in [-0.4, -0.2) is 9.55 Å². The molecule has 0 unspecified atom stereocenters. The third kappa shape index (κ3) is 9.35. The van der Waals surface area contributed by atoms with Crippen molar-refractivity contribution in [2.75, 3.05) is 9.80 Å². The van der Waals surface area contributed by atoms with Crippen molar-refractivity contribution in [3.63, 3.8) is 0 Å². The third-order valence-corrected chi connectivity index (χ3v) is 19.9. The van der Waals surface area contributed by atoms with Crippen molar-refractivity contribution in [2.24, 2.45) is 23.7 Å². The van der Waals surface area contributed by atoms with Crippen molar-refractivity contribution in [2.45, 2.75) is 44.4 Å². The van der Waals surface area contributed by atoms with E-state index in [9.17, 15) is 0 Å². The minimum Gasteiger partial charge on any atom is -0.509 e. The Morgan fingerprint density at radius 2 is 0.989 bits per heavy atom. The van der Waals surface area contributed by atoms with Crippen LogP contribution in [0.5, 0.6) is 11.5 Å². The summed E-state index contributed by atoms with van der Waals surface area (Å²) in [4.78, 5) is 9.94. The first-order chi connectivity index (χ1) is 43.5. The Morgan fingerprint density at radius 1 is 0.449 bits per heavy atom. The molecule has 4 bridgehead atoms. The predicted octanol–water partition coefficient (Wildman–Crippen LogP) is 21.4. The molecule has 89 heavy (non-hydrogen) atoms. The summed E-state index contributed by atoms with van der Waals surface area (Å²) >= 11 is 0. The number of benzene rings is 11. The molecule has 4 aliphatic carbocycles. The maximum atomic E-state index is 7.35. The first-order valence-corrected chi connectivity index (χ1v) is 31.3. The average Bonchev–Trinajstić information content (AvgIpc) is 2.12. The van der Waals surface area contributed by atoms with Gasteiger partial charge < -0.3 is 19.1 Å². The SMILES string of the molecule is Cc1ccc(C2(c3ccnc(-n4c5[c-]c(Oc6[c-]c(N7[CH-]N(c8c(-c9ccccc9)cccc8-c8ccccc8)c8ccccc87)cc(-c7c(-c8ccccc8)cccc7-c7ccccc7)c6)ccc5c5ccccc54)c3)C3CC4CC(C3)CC2C4)cc1.[Pt]. The van der Waals surface area contributed by atoms with Crippen LogP contribution < -0.4 is 14.5 Å². The Labute approximate surface area is 535 Å². The van der Waals surface area contributed by atoms with Gasteiger partial charge in [-0.2, -0.15) is 6.07 Å². The van der Waals surface area contributed by atoms with E-state index in [4.69, 9.17) is 9.72 Å². The quantitative estimate of drug-likeness (QED) is 0.114. The number of aryl methyl sites for hydroxylation is 1. The molecule has 2 aromatic heterocycles. The Morgan fingerprint density at radius 3 is 1.60 bits per heavy atom. The number of nitrogens with zero attached hydrogens (tertiary/aromatic N) is 4. The second-order valence-corrected chi connectivity index (χ2v) is 24.8. The smallest absolute Gasteiger partial charge is 0.135 e. The number of hydrogen-bond acceptors (Lipinski definition) is 4. The van der Waals surface area contributed by atoms with Gasteiger partial charge in [0.2, 0.25) is 0 Å². The summed E-state index contributed by atoms with van der Waals surface area (Å²) in [7, 11) is 0. The van der Waals surface area contributed by atoms with Crippen LogP contribution in [0.25, 0.3) is 83.3 Å². The van der Waals surface area contributed by atoms with Gasteiger partial charge in [0.25, 0.3) is 0 Å². The van der Waals surface area contributed by atoms with Gasteiger partial charge in [0.05, 0.1) is 0 Å². The summed E-state index contributed by atoms with van der Waals surface area (Å²) in [6.07, 6.45) is 8.67. The first-order valence-electron chi connectivity index (χ1n) is 31.3. The minimum atomic E-state index is -0.0760. The van der Waals surface area contributed by atoms with E-state index in [0.29, 0.717) is 23.3 Å². The molecule has 0 amide bonds. The molecular weight excluding hydrogens is 1260 g/mol. The number of aromatic nitrogens is 2. The van der Waals surface area contributed by atoms with Gasteiger partial charge >= 0.3 is 0 Å². The normalized spacial score (nSPS) is 18.9. The van der Waals surface area contributed by atoms with Gasteiger partial charge in [-0.15, -0.1) is 53.6 Å². The first kappa shape index (κ1) is 54.8. The monoisotopic (exact) mass is 1330 g/mol. The molecule has 0 atom stereocenters. The van der Waals surface area contributed by atoms with Gasteiger partial charge in [-0.3, -0.25) is 0 Å². The topological polar surface area (TPSA) is 33.5 Å². The van der Waals surface area contributed by atoms with E-state index in [1.54, 1.807) is 0 Å². The third-order valence-electron chi connectivity index (χ3n) is 19.9. The van der Waals surface area contributed by atoms with Gasteiger partial charge in [-0.25, -0.2) is 4.98 Å². The fourth-order valence-electron chi connectivity index (χ4n) is 16.4. The molecule has 18 rings (SSSR count). The Kier molecular flexibility index (Phi) is 13.9. The molecular formula is C83H63N4OPt-3. The van der Waals surface area contributed by atoms with E-state index in [1.807, 2.05) is 0 Å². The van der Waals surface area contributed by atoms with Crippen LogP contribution in [0.15, 0.2) is 273 Å². The van der Waals surface area contributed by atoms with Gasteiger partial charge in [0, 0.05) is 77.9 Å². The second-order valence-electron chi connectivity index (χ2n) is 24.8. The molecule has 4 saturated carbocycles. The molecule has 6 heteroatoms. The zero-order valence-corrected chi connectivity index (χ0v) is 51.7. The standard InChI is InChI=1S/C83H63N4O.Pt/c1-55-36-38-63(39-37-55)83(65-45-56-44-57(47-65)48-66(83)46-56)64-42-43-84-80(51-64)87-76-33-15-14-28-74(76)75-41-40-68(53-79(75)87)88-69-50-62(81-70(58-20-6-2-7-21-58)29-18-30-71(81)59-22-8-3-9-23-59)49-67(52-69)85-54-86(78-35-17-16-34-77(78)85)82-72(60-24-10-4-11-25-60)31-19-32-73(82)61-26-12-5-13-27-61;/h2-43,49-51,54,56-57,65-66H,44-48H2,1H3;/q-3;. The predicted molar refractivity (Wildman–Crippen MR) is 360 cm³/mol. The summed E-state index contributed by atoms with van der Waals surface area (Å²) in [5, 5.41) is 2.24. The van der Waals surface area contributed by atoms with Crippen LogP contribution in [0, 0.1) is 49.4 Å². The molecule has 11 aromatic carbocycles. The molecule has 5 nitrogen and oxygen atoms in total. The Hall–Kier alpha value is -9.54. The minimum absolute atomic E-state index is 0. The molecule has 4 fully saturated rings. The van der Waals surface area contributed by atoms with Crippen LogP contribution in [-0.2, 0) is 26.5 Å². The zero-order chi connectivity index (χ0) is 58.3. The van der Waals surface area contributed by atoms with Crippen molar-refractivity contribution in [3.8, 4) is 73.0 Å². The maximum absolute atomic E-state index is 7.35. The Balaban J connectivity index is 0.00000636. The van der Waals surface area contributed by atoms with Crippen molar-refractivity contribution in [1.29, 1.82) is 0 Å². The number of para-hydroxylation sites is 4. The van der Waals surface area contributed by atoms with E-state index in [0.717, 1.165) is 118 Å². The van der Waals surface area contributed by atoms with E-state index in [-0.39, 0.29) is 26.5 Å². The number of pyridine rings is 1. The molecule has 0 N–H and O–H groups in total. The summed E-state index contributed by atoms with van der Waals surface area (Å²) in [6.45, 7) is 4.45. The molecule has 0 spiro atoms. The number of rotatable bonds is 12. The van der Waals surface area contributed by atoms with E-state index in [2.05, 4.69) is 313 Å². The van der Waals surface area contributed by atoms with Crippen LogP contribution in [0.1, 0.15) is 48.8 Å². The van der Waals surface area contributed by atoms with Crippen LogP contribution in [0.3, 0.4) is 0 Å². The van der Waals surface area contributed by atoms with Crippen molar-refractivity contribution < 1.29 is 25.8 Å². The fraction of sp³-hybridized carbons (Fsp3) is 0.133. The summed E-state index contributed by atoms with van der Waals surface area (Å²) in [6, 6.07) is 105. The molecule has 1 aliphatic heterocycles. The molecule has 13 aromatic rings. The molecule has 3 heterocycles. The maximum Gasteiger partial charge on any atom is 0.135 e. The van der Waals surface area contributed by atoms with Crippen LogP contribution in [0.2, 0.25) is 0 Å². The van der Waals surface area contributed by atoms with Crippen molar-refractivity contribution in [1.82, 2.24) is 9.55 Å². The fourth-order valence-corrected chi connectivity index (χ4v) is 16.4. The van der Waals surface area contributed by atoms with Crippen molar-refractivity contribution >= 4 is 44.6 Å². The summed E-state index contributed by atoms with van der Waals surface area (Å²) < 4.78 is 9.68. The van der Waals surface area contributed by atoms with Crippen LogP contribution in [0.4, 0.5) is 22.7 Å². The van der Waals surface area contributed by atoms with E-state index >= 15 is 0 Å². The number of hydrogen-bond donors (Lipinski definition) is 0. The average molecular weight is 1330 g/mol. The summed E-state index contributed by atoms with van der Waals surface area (Å²) in [5.41, 5.74) is 21.2. The van der Waals surface area contributed by atoms with E-state index in [1.165, 1.54) is 48.8 Å². The largest absolute Gasteiger partial charge is 0.509 e. The molecule has 434 valence electrons. The van der Waals surface area contributed by atoms with Gasteiger partial charge in [-0.1, -0.05) is 223 Å². The second kappa shape index (κ2) is 22.6. The molecule has 0 radical (unpaired) electrons. The molecule has 0 saturated heterocycles. The van der Waals surface area contributed by atoms with Gasteiger partial charge in [-0.05, 0) is 148 Å². The number of ether oxygens (including phenoxy) is 1. The zero-order valence-electron chi connectivity index (χ0n) is 49.4. The van der Waals surface area contributed by atoms with Gasteiger partial charge in [0.1, 0.15) is 5.82 Å². The van der Waals surface area contributed by atoms with Crippen molar-refractivity contribution in [3.05, 3.63) is 309 Å². The summed E-state index contributed by atoms with van der Waals surface area (Å²) in [5.74, 6) is 4.91. The van der Waals surface area contributed by atoms with E-state index < -0.39 is 0 Å². The number of fused-ring (bicyclic) bond motifs is 4. The Bertz CT molecular complexity index is 4630. The van der Waals surface area contributed by atoms with Gasteiger partial charge in [0.15, 0.2) is 0 Å². The number of anilines is 4. The van der Waals surface area contributed by atoms with Crippen LogP contribution >= 0.6 is 0 Å². The molecule has 5 aliphatic rings.